The maximum absolute atomic E-state index is 11.3. The molecule has 0 radical (unpaired) electrons. The van der Waals surface area contributed by atoms with Gasteiger partial charge < -0.3 is 14.6 Å². The van der Waals surface area contributed by atoms with Crippen LogP contribution in [0, 0.1) is 0 Å². The first-order valence-corrected chi connectivity index (χ1v) is 11.9. The molecule has 3 heteroatoms. The summed E-state index contributed by atoms with van der Waals surface area (Å²) in [6.07, 6.45) is 11.0. The molecule has 3 aliphatic rings. The molecule has 1 fully saturated rings. The van der Waals surface area contributed by atoms with Crippen LogP contribution in [0.5, 0.6) is 17.2 Å². The van der Waals surface area contributed by atoms with Crippen LogP contribution in [-0.4, -0.2) is 18.8 Å². The van der Waals surface area contributed by atoms with Crippen molar-refractivity contribution in [3.05, 3.63) is 53.1 Å². The molecule has 3 aromatic rings. The van der Waals surface area contributed by atoms with Gasteiger partial charge in [-0.25, -0.2) is 0 Å². The van der Waals surface area contributed by atoms with E-state index in [2.05, 4.69) is 30.3 Å². The van der Waals surface area contributed by atoms with Gasteiger partial charge in [-0.2, -0.15) is 0 Å². The van der Waals surface area contributed by atoms with Crippen molar-refractivity contribution in [2.24, 2.45) is 0 Å². The highest BCUT2D eigenvalue weighted by Gasteiger charge is 2.44. The average Bonchev–Trinajstić information content (AvgIpc) is 3.40. The number of benzene rings is 3. The van der Waals surface area contributed by atoms with Crippen molar-refractivity contribution in [1.82, 2.24) is 0 Å². The standard InChI is InChI=1S/C28H30O3/c1-30-24-16-20-23(29)17-22-26(25(20)19-12-15-31-27(19)24)18-10-6-7-11-21(18)28(22)13-8-4-2-3-5-9-14-28/h6-7,10-11,16-17,29H,2-5,8-9,12-15H2,1H3. The summed E-state index contributed by atoms with van der Waals surface area (Å²) in [5, 5.41) is 13.3. The summed E-state index contributed by atoms with van der Waals surface area (Å²) in [5.74, 6) is 1.95. The number of rotatable bonds is 1. The first-order valence-electron chi connectivity index (χ1n) is 11.9. The molecular weight excluding hydrogens is 384 g/mol. The summed E-state index contributed by atoms with van der Waals surface area (Å²) >= 11 is 0. The minimum absolute atomic E-state index is 0.00814. The van der Waals surface area contributed by atoms with Crippen molar-refractivity contribution < 1.29 is 14.6 Å². The smallest absolute Gasteiger partial charge is 0.165 e. The summed E-state index contributed by atoms with van der Waals surface area (Å²) < 4.78 is 11.6. The van der Waals surface area contributed by atoms with Gasteiger partial charge in [-0.1, -0.05) is 62.8 Å². The average molecular weight is 415 g/mol. The van der Waals surface area contributed by atoms with Crippen molar-refractivity contribution in [3.63, 3.8) is 0 Å². The maximum Gasteiger partial charge on any atom is 0.165 e. The second-order valence-electron chi connectivity index (χ2n) is 9.47. The number of methoxy groups -OCH3 is 1. The van der Waals surface area contributed by atoms with Gasteiger partial charge in [0.25, 0.3) is 0 Å². The second-order valence-corrected chi connectivity index (χ2v) is 9.47. The minimum Gasteiger partial charge on any atom is -0.507 e. The number of aromatic hydroxyl groups is 1. The maximum atomic E-state index is 11.3. The van der Waals surface area contributed by atoms with Crippen molar-refractivity contribution >= 4 is 10.8 Å². The lowest BCUT2D eigenvalue weighted by atomic mass is 9.71. The van der Waals surface area contributed by atoms with E-state index in [1.54, 1.807) is 7.11 Å². The fourth-order valence-corrected chi connectivity index (χ4v) is 6.55. The Labute approximate surface area is 184 Å². The predicted octanol–water partition coefficient (Wildman–Crippen LogP) is 6.89. The van der Waals surface area contributed by atoms with Crippen LogP contribution in [0.1, 0.15) is 68.1 Å². The lowest BCUT2D eigenvalue weighted by Crippen LogP contribution is -2.25. The summed E-state index contributed by atoms with van der Waals surface area (Å²) in [4.78, 5) is 0. The predicted molar refractivity (Wildman–Crippen MR) is 125 cm³/mol. The molecule has 160 valence electrons. The molecule has 0 amide bonds. The van der Waals surface area contributed by atoms with Crippen LogP contribution in [0.25, 0.3) is 21.9 Å². The Hall–Kier alpha value is -2.68. The number of hydrogen-bond donors (Lipinski definition) is 1. The minimum atomic E-state index is 0.00814. The first-order chi connectivity index (χ1) is 15.2. The lowest BCUT2D eigenvalue weighted by molar-refractivity contribution is 0.326. The molecule has 3 aromatic carbocycles. The largest absolute Gasteiger partial charge is 0.507 e. The molecule has 1 saturated carbocycles. The van der Waals surface area contributed by atoms with Gasteiger partial charge in [0.2, 0.25) is 0 Å². The van der Waals surface area contributed by atoms with Crippen LogP contribution >= 0.6 is 0 Å². The van der Waals surface area contributed by atoms with E-state index in [0.29, 0.717) is 12.4 Å². The topological polar surface area (TPSA) is 38.7 Å². The van der Waals surface area contributed by atoms with E-state index in [9.17, 15) is 5.11 Å². The summed E-state index contributed by atoms with van der Waals surface area (Å²) in [6, 6.07) is 13.0. The number of hydrogen-bond acceptors (Lipinski definition) is 3. The van der Waals surface area contributed by atoms with Gasteiger partial charge in [-0.15, -0.1) is 0 Å². The molecular formula is C28H30O3. The van der Waals surface area contributed by atoms with Crippen LogP contribution in [-0.2, 0) is 11.8 Å². The summed E-state index contributed by atoms with van der Waals surface area (Å²) in [7, 11) is 1.68. The van der Waals surface area contributed by atoms with Gasteiger partial charge in [0.1, 0.15) is 5.75 Å². The normalized spacial score (nSPS) is 19.1. The molecule has 1 heterocycles. The Bertz CT molecular complexity index is 1170. The van der Waals surface area contributed by atoms with Crippen molar-refractivity contribution in [2.45, 2.75) is 63.2 Å². The van der Waals surface area contributed by atoms with Crippen LogP contribution in [0.3, 0.4) is 0 Å². The number of phenolic OH excluding ortho intramolecular Hbond substituents is 1. The van der Waals surface area contributed by atoms with Crippen LogP contribution < -0.4 is 9.47 Å². The molecule has 2 aliphatic carbocycles. The molecule has 0 saturated heterocycles. The van der Waals surface area contributed by atoms with Crippen LogP contribution in [0.15, 0.2) is 36.4 Å². The quantitative estimate of drug-likeness (QED) is 0.471. The van der Waals surface area contributed by atoms with E-state index >= 15 is 0 Å². The van der Waals surface area contributed by atoms with Gasteiger partial charge in [-0.05, 0) is 47.2 Å². The molecule has 31 heavy (non-hydrogen) atoms. The number of fused-ring (bicyclic) bond motifs is 9. The third kappa shape index (κ3) is 2.65. The van der Waals surface area contributed by atoms with Crippen molar-refractivity contribution in [3.8, 4) is 28.4 Å². The van der Waals surface area contributed by atoms with Crippen LogP contribution in [0.2, 0.25) is 0 Å². The van der Waals surface area contributed by atoms with E-state index in [-0.39, 0.29) is 5.41 Å². The Morgan fingerprint density at radius 3 is 2.45 bits per heavy atom. The Morgan fingerprint density at radius 1 is 0.935 bits per heavy atom. The lowest BCUT2D eigenvalue weighted by Gasteiger charge is -2.32. The fourth-order valence-electron chi connectivity index (χ4n) is 6.55. The summed E-state index contributed by atoms with van der Waals surface area (Å²) in [6.45, 7) is 0.669. The Kier molecular flexibility index (Phi) is 4.41. The Balaban J connectivity index is 1.71. The molecule has 0 aromatic heterocycles. The highest BCUT2D eigenvalue weighted by Crippen LogP contribution is 2.59. The molecule has 1 N–H and O–H groups in total. The zero-order valence-electron chi connectivity index (χ0n) is 18.3. The van der Waals surface area contributed by atoms with Gasteiger partial charge in [0, 0.05) is 28.2 Å². The SMILES string of the molecule is COc1cc2c(O)cc3c(c2c2c1OCC2)-c1ccccc1C31CCCCCCCC1. The molecule has 0 atom stereocenters. The first kappa shape index (κ1) is 19.0. The molecule has 0 unspecified atom stereocenters. The molecule has 0 bridgehead atoms. The van der Waals surface area contributed by atoms with Gasteiger partial charge >= 0.3 is 0 Å². The van der Waals surface area contributed by atoms with E-state index in [1.165, 1.54) is 71.7 Å². The Morgan fingerprint density at radius 2 is 1.68 bits per heavy atom. The third-order valence-electron chi connectivity index (χ3n) is 7.92. The second kappa shape index (κ2) is 7.19. The monoisotopic (exact) mass is 414 g/mol. The zero-order valence-corrected chi connectivity index (χ0v) is 18.3. The van der Waals surface area contributed by atoms with E-state index < -0.39 is 0 Å². The highest BCUT2D eigenvalue weighted by molar-refractivity contribution is 6.08. The fraction of sp³-hybridized carbons (Fsp3) is 0.429. The van der Waals surface area contributed by atoms with Crippen molar-refractivity contribution in [2.75, 3.05) is 13.7 Å². The van der Waals surface area contributed by atoms with Gasteiger partial charge in [-0.3, -0.25) is 0 Å². The van der Waals surface area contributed by atoms with Gasteiger partial charge in [0.05, 0.1) is 13.7 Å². The van der Waals surface area contributed by atoms with Gasteiger partial charge in [0.15, 0.2) is 11.5 Å². The molecule has 3 nitrogen and oxygen atoms in total. The van der Waals surface area contributed by atoms with E-state index in [0.717, 1.165) is 36.1 Å². The molecule has 1 aliphatic heterocycles. The summed E-state index contributed by atoms with van der Waals surface area (Å²) in [5.41, 5.74) is 6.67. The van der Waals surface area contributed by atoms with E-state index in [4.69, 9.17) is 9.47 Å². The third-order valence-corrected chi connectivity index (χ3v) is 7.92. The van der Waals surface area contributed by atoms with Crippen molar-refractivity contribution in [1.29, 1.82) is 0 Å². The zero-order chi connectivity index (χ0) is 21.0. The molecule has 6 rings (SSSR count). The number of ether oxygens (including phenoxy) is 2. The van der Waals surface area contributed by atoms with E-state index in [1.807, 2.05) is 6.07 Å². The number of phenols is 1. The highest BCUT2D eigenvalue weighted by atomic mass is 16.5. The molecule has 1 spiro atoms. The van der Waals surface area contributed by atoms with Crippen LogP contribution in [0.4, 0.5) is 0 Å².